The molecule has 0 heterocycles. The van der Waals surface area contributed by atoms with Gasteiger partial charge in [0.05, 0.1) is 0 Å². The maximum Gasteiger partial charge on any atom is 0.306 e. The Bertz CT molecular complexity index is 848. The Kier molecular flexibility index (Phi) is 24.8. The molecule has 1 fully saturated rings. The highest BCUT2D eigenvalue weighted by Gasteiger charge is 2.32. The molecule has 0 N–H and O–H groups in total. The molecule has 7 heteroatoms. The number of hydrogen-bond acceptors (Lipinski definition) is 7. The minimum absolute atomic E-state index is 0.179. The number of esters is 3. The second-order valence-electron chi connectivity index (χ2n) is 12.6. The number of nitrogens with zero attached hydrogens (tertiary/aromatic N) is 1. The number of hydrogen-bond donors (Lipinski definition) is 0. The van der Waals surface area contributed by atoms with Gasteiger partial charge in [-0.05, 0) is 90.1 Å². The van der Waals surface area contributed by atoms with Gasteiger partial charge < -0.3 is 19.1 Å². The van der Waals surface area contributed by atoms with Crippen LogP contribution < -0.4 is 0 Å². The van der Waals surface area contributed by atoms with E-state index in [1.807, 2.05) is 24.3 Å². The maximum absolute atomic E-state index is 12.7. The van der Waals surface area contributed by atoms with Crippen LogP contribution in [0, 0.1) is 11.8 Å². The van der Waals surface area contributed by atoms with E-state index in [1.165, 1.54) is 25.7 Å². The number of unbranched alkanes of at least 4 members (excludes halogenated alkanes) is 4. The van der Waals surface area contributed by atoms with E-state index < -0.39 is 0 Å². The predicted octanol–water partition coefficient (Wildman–Crippen LogP) is 8.69. The highest BCUT2D eigenvalue weighted by Crippen LogP contribution is 2.36. The zero-order chi connectivity index (χ0) is 33.0. The second-order valence-corrected chi connectivity index (χ2v) is 12.6. The molecule has 0 aromatic carbocycles. The largest absolute Gasteiger partial charge is 0.462 e. The summed E-state index contributed by atoms with van der Waals surface area (Å²) in [5, 5.41) is 0. The molecule has 0 amide bonds. The van der Waals surface area contributed by atoms with E-state index >= 15 is 0 Å². The van der Waals surface area contributed by atoms with E-state index in [0.717, 1.165) is 45.1 Å². The average molecular weight is 630 g/mol. The fourth-order valence-corrected chi connectivity index (χ4v) is 5.37. The van der Waals surface area contributed by atoms with Crippen LogP contribution >= 0.6 is 0 Å². The van der Waals surface area contributed by atoms with Gasteiger partial charge in [0.25, 0.3) is 0 Å². The first-order valence-electron chi connectivity index (χ1n) is 17.6. The first-order chi connectivity index (χ1) is 21.8. The molecule has 0 aromatic rings. The Morgan fingerprint density at radius 3 is 1.62 bits per heavy atom. The van der Waals surface area contributed by atoms with Gasteiger partial charge in [-0.25, -0.2) is 0 Å². The van der Waals surface area contributed by atoms with Crippen LogP contribution in [0.5, 0.6) is 0 Å². The molecule has 7 nitrogen and oxygen atoms in total. The van der Waals surface area contributed by atoms with Crippen molar-refractivity contribution in [2.24, 2.45) is 11.8 Å². The molecule has 1 aliphatic rings. The van der Waals surface area contributed by atoms with Gasteiger partial charge in [0.1, 0.15) is 19.3 Å². The van der Waals surface area contributed by atoms with Crippen LogP contribution in [0.4, 0.5) is 0 Å². The van der Waals surface area contributed by atoms with E-state index in [9.17, 15) is 14.4 Å². The van der Waals surface area contributed by atoms with E-state index in [4.69, 9.17) is 14.2 Å². The molecule has 0 saturated heterocycles. The van der Waals surface area contributed by atoms with Crippen LogP contribution in [-0.2, 0) is 28.6 Å². The number of ether oxygens (including phenoxy) is 3. The number of carbonyl (C=O) groups is 3. The topological polar surface area (TPSA) is 82.1 Å². The molecule has 0 aliphatic heterocycles. The summed E-state index contributed by atoms with van der Waals surface area (Å²) in [6, 6.07) is 0. The first-order valence-corrected chi connectivity index (χ1v) is 17.6. The zero-order valence-electron chi connectivity index (χ0n) is 28.9. The van der Waals surface area contributed by atoms with Crippen LogP contribution in [0.1, 0.15) is 123 Å². The monoisotopic (exact) mass is 629 g/mol. The normalized spacial score (nSPS) is 16.8. The predicted molar refractivity (Wildman–Crippen MR) is 184 cm³/mol. The lowest BCUT2D eigenvalue weighted by Crippen LogP contribution is -2.34. The molecule has 0 aromatic heterocycles. The summed E-state index contributed by atoms with van der Waals surface area (Å²) in [5.41, 5.74) is 0. The van der Waals surface area contributed by atoms with Gasteiger partial charge in [-0.3, -0.25) is 14.4 Å². The number of allylic oxidation sites excluding steroid dienone is 6. The Labute approximate surface area is 274 Å². The van der Waals surface area contributed by atoms with Crippen molar-refractivity contribution < 1.29 is 28.6 Å². The standard InChI is InChI=1S/C38H63NO6/c1-5-7-9-11-13-15-17-19-27-43-36(40)25-21-23-35(45-38(42)31-33-29-34(30-33)32-39(3)4)24-22-26-37(41)44-28-20-18-16-14-12-10-8-6-2/h11-14,17-20,33-35H,5-10,15-16,21-32H2,1-4H3/b13-11-,14-12-,19-17-,20-18-. The van der Waals surface area contributed by atoms with Crippen molar-refractivity contribution in [3.8, 4) is 0 Å². The number of rotatable bonds is 27. The summed E-state index contributed by atoms with van der Waals surface area (Å²) in [7, 11) is 4.15. The third-order valence-electron chi connectivity index (χ3n) is 7.86. The van der Waals surface area contributed by atoms with E-state index in [-0.39, 0.29) is 50.1 Å². The quantitative estimate of drug-likeness (QED) is 0.0389. The molecule has 0 atom stereocenters. The van der Waals surface area contributed by atoms with Crippen LogP contribution in [0.3, 0.4) is 0 Å². The molecule has 0 spiro atoms. The van der Waals surface area contributed by atoms with Crippen molar-refractivity contribution in [3.05, 3.63) is 48.6 Å². The summed E-state index contributed by atoms with van der Waals surface area (Å²) in [6.45, 7) is 5.95. The third-order valence-corrected chi connectivity index (χ3v) is 7.86. The SMILES string of the molecule is CCCC/C=C\C/C=C\COC(=O)CCCC(CCCC(=O)OC/C=C\C/C=C\CCCC)OC(=O)CC1CC(CN(C)C)C1. The minimum atomic E-state index is -0.325. The summed E-state index contributed by atoms with van der Waals surface area (Å²) < 4.78 is 16.5. The molecule has 0 unspecified atom stereocenters. The van der Waals surface area contributed by atoms with Gasteiger partial charge in [0.15, 0.2) is 0 Å². The minimum Gasteiger partial charge on any atom is -0.462 e. The molecule has 1 aliphatic carbocycles. The molecule has 0 bridgehead atoms. The van der Waals surface area contributed by atoms with E-state index in [1.54, 1.807) is 0 Å². The fraction of sp³-hybridized carbons (Fsp3) is 0.711. The summed E-state index contributed by atoms with van der Waals surface area (Å²) in [5.74, 6) is 0.351. The van der Waals surface area contributed by atoms with Crippen LogP contribution in [0.15, 0.2) is 48.6 Å². The van der Waals surface area contributed by atoms with Crippen molar-refractivity contribution in [1.82, 2.24) is 4.90 Å². The van der Waals surface area contributed by atoms with Gasteiger partial charge in [-0.15, -0.1) is 0 Å². The van der Waals surface area contributed by atoms with Crippen LogP contribution in [-0.4, -0.2) is 62.8 Å². The second kappa shape index (κ2) is 27.6. The summed E-state index contributed by atoms with van der Waals surface area (Å²) >= 11 is 0. The Balaban J connectivity index is 2.39. The zero-order valence-corrected chi connectivity index (χ0v) is 28.9. The van der Waals surface area contributed by atoms with Crippen molar-refractivity contribution in [2.75, 3.05) is 33.9 Å². The Hall–Kier alpha value is -2.67. The molecule has 45 heavy (non-hydrogen) atoms. The molecule has 1 rings (SSSR count). The molecular formula is C38H63NO6. The highest BCUT2D eigenvalue weighted by atomic mass is 16.5. The lowest BCUT2D eigenvalue weighted by Gasteiger charge is -2.36. The van der Waals surface area contributed by atoms with Gasteiger partial charge in [-0.2, -0.15) is 0 Å². The molecule has 256 valence electrons. The summed E-state index contributed by atoms with van der Waals surface area (Å²) in [6.07, 6.45) is 30.1. The van der Waals surface area contributed by atoms with Crippen LogP contribution in [0.25, 0.3) is 0 Å². The van der Waals surface area contributed by atoms with Crippen molar-refractivity contribution in [2.45, 2.75) is 129 Å². The lowest BCUT2D eigenvalue weighted by atomic mass is 9.73. The van der Waals surface area contributed by atoms with Gasteiger partial charge in [-0.1, -0.05) is 88.1 Å². The lowest BCUT2D eigenvalue weighted by molar-refractivity contribution is -0.152. The molecule has 1 saturated carbocycles. The van der Waals surface area contributed by atoms with Gasteiger partial charge in [0.2, 0.25) is 0 Å². The van der Waals surface area contributed by atoms with E-state index in [2.05, 4.69) is 57.1 Å². The smallest absolute Gasteiger partial charge is 0.306 e. The van der Waals surface area contributed by atoms with Crippen molar-refractivity contribution >= 4 is 17.9 Å². The highest BCUT2D eigenvalue weighted by molar-refractivity contribution is 5.70. The molecule has 0 radical (unpaired) electrons. The third kappa shape index (κ3) is 24.3. The number of carbonyl (C=O) groups excluding carboxylic acids is 3. The Morgan fingerprint density at radius 1 is 0.667 bits per heavy atom. The average Bonchev–Trinajstić information content (AvgIpc) is 2.98. The Morgan fingerprint density at radius 2 is 1.16 bits per heavy atom. The fourth-order valence-electron chi connectivity index (χ4n) is 5.37. The van der Waals surface area contributed by atoms with E-state index in [0.29, 0.717) is 43.9 Å². The van der Waals surface area contributed by atoms with Gasteiger partial charge in [0, 0.05) is 25.8 Å². The molecular weight excluding hydrogens is 566 g/mol. The summed E-state index contributed by atoms with van der Waals surface area (Å²) in [4.78, 5) is 39.4. The maximum atomic E-state index is 12.7. The van der Waals surface area contributed by atoms with Crippen LogP contribution in [0.2, 0.25) is 0 Å². The van der Waals surface area contributed by atoms with Crippen molar-refractivity contribution in [1.29, 1.82) is 0 Å². The van der Waals surface area contributed by atoms with Gasteiger partial charge >= 0.3 is 17.9 Å². The first kappa shape index (κ1) is 40.4. The van der Waals surface area contributed by atoms with Crippen molar-refractivity contribution in [3.63, 3.8) is 0 Å².